The zero-order valence-electron chi connectivity index (χ0n) is 5.60. The first kappa shape index (κ1) is 7.86. The molecule has 0 aromatic carbocycles. The third-order valence-corrected chi connectivity index (χ3v) is 1.69. The van der Waals surface area contributed by atoms with Gasteiger partial charge in [0.25, 0.3) is 12.1 Å². The minimum Gasteiger partial charge on any atom is -0.304 e. The van der Waals surface area contributed by atoms with Crippen LogP contribution >= 0.6 is 0 Å². The Morgan fingerprint density at radius 3 is 1.73 bits per heavy atom. The summed E-state index contributed by atoms with van der Waals surface area (Å²) in [5.41, 5.74) is 0. The zero-order chi connectivity index (χ0) is 8.43. The molecule has 1 aliphatic heterocycles. The van der Waals surface area contributed by atoms with Crippen molar-refractivity contribution in [3.05, 3.63) is 20.2 Å². The fraction of sp³-hybridized carbons (Fsp3) is 1.00. The molecule has 2 atom stereocenters. The zero-order valence-corrected chi connectivity index (χ0v) is 5.60. The van der Waals surface area contributed by atoms with E-state index in [0.29, 0.717) is 0 Å². The third-order valence-electron chi connectivity index (χ3n) is 1.69. The molecule has 0 radical (unpaired) electrons. The van der Waals surface area contributed by atoms with Crippen LogP contribution < -0.4 is 5.32 Å². The lowest BCUT2D eigenvalue weighted by atomic mass is 10.2. The highest BCUT2D eigenvalue weighted by Gasteiger charge is 2.45. The summed E-state index contributed by atoms with van der Waals surface area (Å²) < 4.78 is 0. The van der Waals surface area contributed by atoms with Gasteiger partial charge in [-0.15, -0.1) is 0 Å². The molecule has 62 valence electrons. The van der Waals surface area contributed by atoms with Crippen LogP contribution in [-0.2, 0) is 0 Å². The van der Waals surface area contributed by atoms with Crippen molar-refractivity contribution in [2.24, 2.45) is 0 Å². The second-order valence-corrected chi connectivity index (χ2v) is 2.36. The van der Waals surface area contributed by atoms with Crippen molar-refractivity contribution in [3.63, 3.8) is 0 Å². The fourth-order valence-corrected chi connectivity index (χ4v) is 1.08. The van der Waals surface area contributed by atoms with Gasteiger partial charge in [0.05, 0.1) is 13.1 Å². The van der Waals surface area contributed by atoms with E-state index in [0.717, 1.165) is 0 Å². The molecule has 0 saturated carbocycles. The molecule has 0 bridgehead atoms. The van der Waals surface area contributed by atoms with Crippen LogP contribution in [0.15, 0.2) is 0 Å². The molecule has 1 saturated heterocycles. The van der Waals surface area contributed by atoms with Gasteiger partial charge < -0.3 is 5.32 Å². The van der Waals surface area contributed by atoms with Gasteiger partial charge in [-0.1, -0.05) is 0 Å². The summed E-state index contributed by atoms with van der Waals surface area (Å²) in [6, 6.07) is -2.13. The molecule has 1 rings (SSSR count). The Morgan fingerprint density at radius 1 is 1.09 bits per heavy atom. The molecule has 2 unspecified atom stereocenters. The SMILES string of the molecule is O=[N+]([O-])C1CNCC1[N+](=O)[O-]. The largest absolute Gasteiger partial charge is 0.304 e. The van der Waals surface area contributed by atoms with Crippen molar-refractivity contribution in [1.82, 2.24) is 5.32 Å². The van der Waals surface area contributed by atoms with Crippen molar-refractivity contribution in [2.45, 2.75) is 12.1 Å². The van der Waals surface area contributed by atoms with Crippen LogP contribution in [0.5, 0.6) is 0 Å². The Kier molecular flexibility index (Phi) is 1.99. The fourth-order valence-electron chi connectivity index (χ4n) is 1.08. The van der Waals surface area contributed by atoms with Crippen LogP contribution in [0, 0.1) is 20.2 Å². The first-order valence-corrected chi connectivity index (χ1v) is 3.10. The summed E-state index contributed by atoms with van der Waals surface area (Å²) in [4.78, 5) is 19.1. The highest BCUT2D eigenvalue weighted by Crippen LogP contribution is 2.06. The van der Waals surface area contributed by atoms with Gasteiger partial charge in [0.15, 0.2) is 0 Å². The first-order chi connectivity index (χ1) is 5.13. The van der Waals surface area contributed by atoms with E-state index in [-0.39, 0.29) is 13.1 Å². The lowest BCUT2D eigenvalue weighted by Gasteiger charge is -2.02. The van der Waals surface area contributed by atoms with E-state index < -0.39 is 21.9 Å². The van der Waals surface area contributed by atoms with Crippen molar-refractivity contribution < 1.29 is 9.85 Å². The standard InChI is InChI=1S/C4H7N3O4/c8-6(9)3-1-5-2-4(3)7(10)11/h3-5H,1-2H2. The normalized spacial score (nSPS) is 30.2. The second-order valence-electron chi connectivity index (χ2n) is 2.36. The number of nitro groups is 2. The molecular weight excluding hydrogens is 154 g/mol. The molecule has 11 heavy (non-hydrogen) atoms. The molecule has 0 amide bonds. The van der Waals surface area contributed by atoms with Crippen LogP contribution in [0.25, 0.3) is 0 Å². The molecule has 7 nitrogen and oxygen atoms in total. The molecule has 0 aromatic heterocycles. The van der Waals surface area contributed by atoms with Crippen molar-refractivity contribution >= 4 is 0 Å². The van der Waals surface area contributed by atoms with Crippen LogP contribution in [0.4, 0.5) is 0 Å². The van der Waals surface area contributed by atoms with Crippen LogP contribution in [0.1, 0.15) is 0 Å². The number of hydrogen-bond donors (Lipinski definition) is 1. The molecular formula is C4H7N3O4. The topological polar surface area (TPSA) is 98.3 Å². The second kappa shape index (κ2) is 2.79. The molecule has 1 N–H and O–H groups in total. The molecule has 1 fully saturated rings. The summed E-state index contributed by atoms with van der Waals surface area (Å²) in [5.74, 6) is 0. The number of nitrogens with zero attached hydrogens (tertiary/aromatic N) is 2. The Hall–Kier alpha value is -1.24. The maximum absolute atomic E-state index is 10.2. The van der Waals surface area contributed by atoms with Crippen LogP contribution in [0.3, 0.4) is 0 Å². The molecule has 7 heteroatoms. The molecule has 1 heterocycles. The monoisotopic (exact) mass is 161 g/mol. The van der Waals surface area contributed by atoms with Crippen molar-refractivity contribution in [1.29, 1.82) is 0 Å². The number of hydrogen-bond acceptors (Lipinski definition) is 5. The maximum Gasteiger partial charge on any atom is 0.292 e. The highest BCUT2D eigenvalue weighted by molar-refractivity contribution is 4.80. The lowest BCUT2D eigenvalue weighted by molar-refractivity contribution is -0.606. The van der Waals surface area contributed by atoms with Gasteiger partial charge >= 0.3 is 0 Å². The number of rotatable bonds is 2. The number of nitrogens with one attached hydrogen (secondary N) is 1. The minimum atomic E-state index is -1.06. The predicted octanol–water partition coefficient (Wildman–Crippen LogP) is -1.12. The van der Waals surface area contributed by atoms with E-state index in [9.17, 15) is 20.2 Å². The van der Waals surface area contributed by atoms with Gasteiger partial charge in [-0.3, -0.25) is 20.2 Å². The summed E-state index contributed by atoms with van der Waals surface area (Å²) in [5, 5.41) is 23.0. The smallest absolute Gasteiger partial charge is 0.292 e. The van der Waals surface area contributed by atoms with E-state index >= 15 is 0 Å². The van der Waals surface area contributed by atoms with E-state index in [1.807, 2.05) is 0 Å². The summed E-state index contributed by atoms with van der Waals surface area (Å²) in [7, 11) is 0. The van der Waals surface area contributed by atoms with E-state index in [1.165, 1.54) is 0 Å². The lowest BCUT2D eigenvalue weighted by Crippen LogP contribution is -2.37. The minimum absolute atomic E-state index is 0.0959. The van der Waals surface area contributed by atoms with Gasteiger partial charge in [-0.05, 0) is 0 Å². The van der Waals surface area contributed by atoms with E-state index in [1.54, 1.807) is 0 Å². The molecule has 0 aliphatic carbocycles. The van der Waals surface area contributed by atoms with E-state index in [4.69, 9.17) is 0 Å². The Labute approximate surface area is 61.7 Å². The Bertz CT molecular complexity index is 174. The van der Waals surface area contributed by atoms with Crippen LogP contribution in [0.2, 0.25) is 0 Å². The van der Waals surface area contributed by atoms with Gasteiger partial charge in [-0.25, -0.2) is 0 Å². The van der Waals surface area contributed by atoms with Gasteiger partial charge in [-0.2, -0.15) is 0 Å². The van der Waals surface area contributed by atoms with Gasteiger partial charge in [0.2, 0.25) is 0 Å². The Balaban J connectivity index is 2.65. The average Bonchev–Trinajstić information content (AvgIpc) is 2.32. The van der Waals surface area contributed by atoms with Gasteiger partial charge in [0.1, 0.15) is 0 Å². The summed E-state index contributed by atoms with van der Waals surface area (Å²) in [6.07, 6.45) is 0. The summed E-state index contributed by atoms with van der Waals surface area (Å²) >= 11 is 0. The summed E-state index contributed by atoms with van der Waals surface area (Å²) in [6.45, 7) is 0.192. The highest BCUT2D eigenvalue weighted by atomic mass is 16.6. The molecule has 0 aromatic rings. The van der Waals surface area contributed by atoms with Crippen molar-refractivity contribution in [3.8, 4) is 0 Å². The molecule has 1 aliphatic rings. The van der Waals surface area contributed by atoms with Gasteiger partial charge in [0, 0.05) is 9.85 Å². The first-order valence-electron chi connectivity index (χ1n) is 3.10. The maximum atomic E-state index is 10.2. The third kappa shape index (κ3) is 1.43. The Morgan fingerprint density at radius 2 is 1.45 bits per heavy atom. The quantitative estimate of drug-likeness (QED) is 0.408. The van der Waals surface area contributed by atoms with Crippen molar-refractivity contribution in [2.75, 3.05) is 13.1 Å². The molecule has 0 spiro atoms. The predicted molar refractivity (Wildman–Crippen MR) is 34.4 cm³/mol. The van der Waals surface area contributed by atoms with Crippen LogP contribution in [-0.4, -0.2) is 35.0 Å². The average molecular weight is 161 g/mol. The van der Waals surface area contributed by atoms with E-state index in [2.05, 4.69) is 5.32 Å².